The Kier molecular flexibility index (Phi) is 41.1. The second-order valence-corrected chi connectivity index (χ2v) is 14.6. The zero-order chi connectivity index (χ0) is 40.1. The number of allylic oxidation sites excluding steroid dienone is 12. The Morgan fingerprint density at radius 2 is 0.727 bits per heavy atom. The lowest BCUT2D eigenvalue weighted by atomic mass is 10.1. The number of hydrogen-bond acceptors (Lipinski definition) is 6. The molecule has 0 aromatic heterocycles. The van der Waals surface area contributed by atoms with E-state index in [1.165, 1.54) is 32.1 Å². The molecule has 0 saturated carbocycles. The molecule has 55 heavy (non-hydrogen) atoms. The number of esters is 3. The highest BCUT2D eigenvalue weighted by Gasteiger charge is 2.19. The highest BCUT2D eigenvalue weighted by atomic mass is 16.6. The van der Waals surface area contributed by atoms with Crippen LogP contribution in [-0.2, 0) is 28.6 Å². The normalized spacial score (nSPS) is 12.7. The van der Waals surface area contributed by atoms with Crippen LogP contribution in [0.1, 0.15) is 201 Å². The minimum atomic E-state index is -0.782. The van der Waals surface area contributed by atoms with Crippen molar-refractivity contribution in [2.45, 2.75) is 207 Å². The van der Waals surface area contributed by atoms with Crippen molar-refractivity contribution in [3.05, 3.63) is 72.9 Å². The van der Waals surface area contributed by atoms with Gasteiger partial charge in [0.25, 0.3) is 0 Å². The van der Waals surface area contributed by atoms with Crippen molar-refractivity contribution in [3.63, 3.8) is 0 Å². The van der Waals surface area contributed by atoms with Gasteiger partial charge in [-0.3, -0.25) is 14.4 Å². The fraction of sp³-hybridized carbons (Fsp3) is 0.694. The molecule has 0 amide bonds. The smallest absolute Gasteiger partial charge is 0.306 e. The molecule has 0 spiro atoms. The van der Waals surface area contributed by atoms with E-state index in [1.807, 2.05) is 0 Å². The predicted octanol–water partition coefficient (Wildman–Crippen LogP) is 14.3. The van der Waals surface area contributed by atoms with Crippen LogP contribution in [0.3, 0.4) is 0 Å². The lowest BCUT2D eigenvalue weighted by molar-refractivity contribution is -0.167. The first-order chi connectivity index (χ1) is 27.0. The zero-order valence-electron chi connectivity index (χ0n) is 35.7. The van der Waals surface area contributed by atoms with Crippen LogP contribution in [-0.4, -0.2) is 37.2 Å². The van der Waals surface area contributed by atoms with E-state index in [4.69, 9.17) is 14.2 Å². The van der Waals surface area contributed by atoms with Gasteiger partial charge in [-0.2, -0.15) is 0 Å². The fourth-order valence-electron chi connectivity index (χ4n) is 5.80. The van der Waals surface area contributed by atoms with Crippen LogP contribution in [0, 0.1) is 0 Å². The first kappa shape index (κ1) is 51.9. The number of hydrogen-bond donors (Lipinski definition) is 0. The summed E-state index contributed by atoms with van der Waals surface area (Å²) in [5.41, 5.74) is 0. The Morgan fingerprint density at radius 3 is 1.18 bits per heavy atom. The summed E-state index contributed by atoms with van der Waals surface area (Å²) < 4.78 is 16.6. The van der Waals surface area contributed by atoms with Crippen LogP contribution in [0.25, 0.3) is 0 Å². The summed E-state index contributed by atoms with van der Waals surface area (Å²) >= 11 is 0. The second-order valence-electron chi connectivity index (χ2n) is 14.6. The molecule has 6 heteroatoms. The molecule has 0 aliphatic heterocycles. The standard InChI is InChI=1S/C49H82O6/c1-4-7-10-13-15-17-19-20-21-22-23-24-25-26-27-28-30-31-33-36-39-42-48(51)54-45-46(44-53-47(50)41-38-35-12-9-6-3)55-49(52)43-40-37-34-32-29-18-16-14-11-8-5-2/h7,10,14-17,20-21,23-24,26-27,46H,4-6,8-9,11-13,18-19,22,25,28-45H2,1-3H3/b10-7-,16-14-,17-15-,21-20-,24-23-,27-26-. The van der Waals surface area contributed by atoms with Gasteiger partial charge >= 0.3 is 17.9 Å². The van der Waals surface area contributed by atoms with E-state index in [0.29, 0.717) is 19.3 Å². The van der Waals surface area contributed by atoms with Crippen LogP contribution < -0.4 is 0 Å². The number of ether oxygens (including phenoxy) is 3. The minimum Gasteiger partial charge on any atom is -0.462 e. The van der Waals surface area contributed by atoms with E-state index in [0.717, 1.165) is 128 Å². The topological polar surface area (TPSA) is 78.9 Å². The average molecular weight is 767 g/mol. The summed E-state index contributed by atoms with van der Waals surface area (Å²) in [6.45, 7) is 6.35. The van der Waals surface area contributed by atoms with Crippen LogP contribution in [0.4, 0.5) is 0 Å². The molecule has 0 rings (SSSR count). The van der Waals surface area contributed by atoms with Gasteiger partial charge in [-0.15, -0.1) is 0 Å². The van der Waals surface area contributed by atoms with Crippen molar-refractivity contribution in [3.8, 4) is 0 Å². The third kappa shape index (κ3) is 41.8. The summed E-state index contributed by atoms with van der Waals surface area (Å²) in [4.78, 5) is 37.4. The van der Waals surface area contributed by atoms with Crippen molar-refractivity contribution < 1.29 is 28.6 Å². The fourth-order valence-corrected chi connectivity index (χ4v) is 5.80. The van der Waals surface area contributed by atoms with Gasteiger partial charge in [0, 0.05) is 19.3 Å². The Bertz CT molecular complexity index is 1070. The summed E-state index contributed by atoms with van der Waals surface area (Å²) in [7, 11) is 0. The van der Waals surface area contributed by atoms with E-state index in [9.17, 15) is 14.4 Å². The quantitative estimate of drug-likeness (QED) is 0.0268. The van der Waals surface area contributed by atoms with Gasteiger partial charge in [0.15, 0.2) is 6.10 Å². The summed E-state index contributed by atoms with van der Waals surface area (Å²) in [5, 5.41) is 0. The Hall–Kier alpha value is -3.15. The molecule has 0 aromatic carbocycles. The van der Waals surface area contributed by atoms with Crippen molar-refractivity contribution >= 4 is 17.9 Å². The molecular weight excluding hydrogens is 685 g/mol. The molecule has 0 heterocycles. The lowest BCUT2D eigenvalue weighted by Crippen LogP contribution is -2.30. The van der Waals surface area contributed by atoms with Crippen LogP contribution in [0.15, 0.2) is 72.9 Å². The summed E-state index contributed by atoms with van der Waals surface area (Å²) in [6.07, 6.45) is 53.4. The number of rotatable bonds is 39. The highest BCUT2D eigenvalue weighted by Crippen LogP contribution is 2.12. The average Bonchev–Trinajstić information content (AvgIpc) is 3.18. The third-order valence-corrected chi connectivity index (χ3v) is 9.20. The molecular formula is C49H82O6. The maximum Gasteiger partial charge on any atom is 0.306 e. The van der Waals surface area contributed by atoms with Gasteiger partial charge in [0.2, 0.25) is 0 Å². The molecule has 0 N–H and O–H groups in total. The largest absolute Gasteiger partial charge is 0.462 e. The molecule has 0 aliphatic rings. The van der Waals surface area contributed by atoms with E-state index in [2.05, 4.69) is 93.7 Å². The second kappa shape index (κ2) is 43.6. The summed E-state index contributed by atoms with van der Waals surface area (Å²) in [5.74, 6) is -0.937. The van der Waals surface area contributed by atoms with Crippen LogP contribution >= 0.6 is 0 Å². The van der Waals surface area contributed by atoms with E-state index >= 15 is 0 Å². The van der Waals surface area contributed by atoms with Crippen molar-refractivity contribution in [2.24, 2.45) is 0 Å². The van der Waals surface area contributed by atoms with Gasteiger partial charge in [-0.1, -0.05) is 171 Å². The number of carbonyl (C=O) groups excluding carboxylic acids is 3. The van der Waals surface area contributed by atoms with Gasteiger partial charge < -0.3 is 14.2 Å². The molecule has 0 radical (unpaired) electrons. The molecule has 314 valence electrons. The first-order valence-corrected chi connectivity index (χ1v) is 22.4. The molecule has 6 nitrogen and oxygen atoms in total. The SMILES string of the molecule is CC/C=C\C/C=C\C/C=C\C/C=C\C/C=C\CCCCCCCC(=O)OCC(COC(=O)CCCCCCC)OC(=O)CCCCCCC/C=C\CCCC. The monoisotopic (exact) mass is 767 g/mol. The third-order valence-electron chi connectivity index (χ3n) is 9.20. The molecule has 0 fully saturated rings. The predicted molar refractivity (Wildman–Crippen MR) is 233 cm³/mol. The molecule has 1 atom stereocenters. The highest BCUT2D eigenvalue weighted by molar-refractivity contribution is 5.71. The van der Waals surface area contributed by atoms with Gasteiger partial charge in [-0.05, 0) is 83.5 Å². The summed E-state index contributed by atoms with van der Waals surface area (Å²) in [6, 6.07) is 0. The van der Waals surface area contributed by atoms with Crippen LogP contribution in [0.2, 0.25) is 0 Å². The molecule has 0 bridgehead atoms. The zero-order valence-corrected chi connectivity index (χ0v) is 35.7. The minimum absolute atomic E-state index is 0.0868. The molecule has 0 saturated heterocycles. The molecule has 1 unspecified atom stereocenters. The Balaban J connectivity index is 4.24. The number of carbonyl (C=O) groups is 3. The van der Waals surface area contributed by atoms with Crippen LogP contribution in [0.5, 0.6) is 0 Å². The van der Waals surface area contributed by atoms with Gasteiger partial charge in [-0.25, -0.2) is 0 Å². The Morgan fingerprint density at radius 1 is 0.382 bits per heavy atom. The number of unbranched alkanes of at least 4 members (excludes halogenated alkanes) is 16. The van der Waals surface area contributed by atoms with E-state index < -0.39 is 6.10 Å². The maximum absolute atomic E-state index is 12.6. The van der Waals surface area contributed by atoms with Crippen molar-refractivity contribution in [1.29, 1.82) is 0 Å². The van der Waals surface area contributed by atoms with E-state index in [-0.39, 0.29) is 31.1 Å². The maximum atomic E-state index is 12.6. The molecule has 0 aromatic rings. The van der Waals surface area contributed by atoms with Gasteiger partial charge in [0.1, 0.15) is 13.2 Å². The Labute approximate surface area is 338 Å². The first-order valence-electron chi connectivity index (χ1n) is 22.4. The lowest BCUT2D eigenvalue weighted by Gasteiger charge is -2.18. The van der Waals surface area contributed by atoms with Crippen molar-refractivity contribution in [1.82, 2.24) is 0 Å². The van der Waals surface area contributed by atoms with Crippen molar-refractivity contribution in [2.75, 3.05) is 13.2 Å². The van der Waals surface area contributed by atoms with Gasteiger partial charge in [0.05, 0.1) is 0 Å². The molecule has 0 aliphatic carbocycles. The van der Waals surface area contributed by atoms with E-state index in [1.54, 1.807) is 0 Å².